The Balaban J connectivity index is 2.49. The summed E-state index contributed by atoms with van der Waals surface area (Å²) >= 11 is 1.76. The molecule has 1 saturated heterocycles. The number of rotatable bonds is 1. The minimum absolute atomic E-state index is 0.159. The molecule has 0 saturated carbocycles. The van der Waals surface area contributed by atoms with E-state index in [1.54, 1.807) is 17.8 Å². The first-order chi connectivity index (χ1) is 7.18. The van der Waals surface area contributed by atoms with Crippen molar-refractivity contribution in [3.8, 4) is 6.07 Å². The number of benzene rings is 1. The molecule has 2 rings (SSSR count). The smallest absolute Gasteiger partial charge is 0.103 e. The Hall–Kier alpha value is -0.980. The second-order valence-corrected chi connectivity index (χ2v) is 5.29. The molecule has 0 spiro atoms. The molecule has 1 N–H and O–H groups in total. The maximum atomic E-state index is 10.6. The van der Waals surface area contributed by atoms with Crippen LogP contribution in [0.5, 0.6) is 0 Å². The summed E-state index contributed by atoms with van der Waals surface area (Å²) in [5.41, 5.74) is 0.552. The molecule has 1 aliphatic heterocycles. The highest BCUT2D eigenvalue weighted by molar-refractivity contribution is 8.00. The maximum Gasteiger partial charge on any atom is 0.103 e. The topological polar surface area (TPSA) is 44.0 Å². The molecule has 0 aromatic heterocycles. The average Bonchev–Trinajstić information content (AvgIpc) is 2.60. The van der Waals surface area contributed by atoms with Gasteiger partial charge in [0.1, 0.15) is 5.60 Å². The average molecular weight is 219 g/mol. The van der Waals surface area contributed by atoms with Gasteiger partial charge in [-0.05, 0) is 18.2 Å². The van der Waals surface area contributed by atoms with Crippen LogP contribution in [-0.4, -0.2) is 16.1 Å². The lowest BCUT2D eigenvalue weighted by Gasteiger charge is -2.28. The van der Waals surface area contributed by atoms with Crippen molar-refractivity contribution in [2.24, 2.45) is 0 Å². The van der Waals surface area contributed by atoms with E-state index in [-0.39, 0.29) is 5.25 Å². The van der Waals surface area contributed by atoms with Crippen LogP contribution in [0.2, 0.25) is 0 Å². The summed E-state index contributed by atoms with van der Waals surface area (Å²) in [4.78, 5) is 0. The number of aliphatic hydroxyl groups is 1. The van der Waals surface area contributed by atoms with E-state index in [0.29, 0.717) is 5.56 Å². The molecule has 0 unspecified atom stereocenters. The number of hydrogen-bond donors (Lipinski definition) is 1. The van der Waals surface area contributed by atoms with Gasteiger partial charge in [0.25, 0.3) is 0 Å². The summed E-state index contributed by atoms with van der Waals surface area (Å²) < 4.78 is 0. The van der Waals surface area contributed by atoms with E-state index < -0.39 is 5.60 Å². The molecule has 3 heteroatoms. The van der Waals surface area contributed by atoms with Gasteiger partial charge in [-0.3, -0.25) is 0 Å². The van der Waals surface area contributed by atoms with E-state index in [1.165, 1.54) is 0 Å². The summed E-state index contributed by atoms with van der Waals surface area (Å²) in [7, 11) is 0. The molecule has 1 aliphatic rings. The third kappa shape index (κ3) is 1.64. The summed E-state index contributed by atoms with van der Waals surface area (Å²) in [6, 6.07) is 9.49. The largest absolute Gasteiger partial charge is 0.384 e. The van der Waals surface area contributed by atoms with Crippen LogP contribution < -0.4 is 0 Å². The Labute approximate surface area is 93.9 Å². The molecule has 1 aromatic rings. The Morgan fingerprint density at radius 3 is 2.87 bits per heavy atom. The van der Waals surface area contributed by atoms with Gasteiger partial charge in [0.15, 0.2) is 0 Å². The first-order valence-corrected chi connectivity index (χ1v) is 6.07. The molecular formula is C12H13NOS. The van der Waals surface area contributed by atoms with Gasteiger partial charge in [0.2, 0.25) is 0 Å². The maximum absolute atomic E-state index is 10.6. The molecule has 1 heterocycles. The summed E-state index contributed by atoms with van der Waals surface area (Å²) in [5.74, 6) is 0.956. The first kappa shape index (κ1) is 10.5. The summed E-state index contributed by atoms with van der Waals surface area (Å²) in [6.45, 7) is 2.02. The van der Waals surface area contributed by atoms with Gasteiger partial charge >= 0.3 is 0 Å². The molecule has 0 aliphatic carbocycles. The summed E-state index contributed by atoms with van der Waals surface area (Å²) in [6.07, 6.45) is 0.734. The van der Waals surface area contributed by atoms with Crippen LogP contribution in [0.3, 0.4) is 0 Å². The van der Waals surface area contributed by atoms with Crippen LogP contribution in [0.25, 0.3) is 0 Å². The Morgan fingerprint density at radius 1 is 1.53 bits per heavy atom. The first-order valence-electron chi connectivity index (χ1n) is 5.02. The molecule has 2 atom stereocenters. The standard InChI is InChI=1S/C12H13NOS/c1-9-12(14,6-7-15-9)11-5-3-2-4-10(11)8-13/h2-5,9,14H,6-7H2,1H3/t9-,12+/m1/s1. The molecule has 0 radical (unpaired) electrons. The predicted molar refractivity (Wildman–Crippen MR) is 61.6 cm³/mol. The van der Waals surface area contributed by atoms with Crippen molar-refractivity contribution >= 4 is 11.8 Å². The minimum Gasteiger partial charge on any atom is -0.384 e. The SMILES string of the molecule is C[C@H]1SCC[C@@]1(O)c1ccccc1C#N. The molecule has 1 aromatic carbocycles. The fourth-order valence-electron chi connectivity index (χ4n) is 2.04. The van der Waals surface area contributed by atoms with Crippen molar-refractivity contribution in [3.05, 3.63) is 35.4 Å². The zero-order valence-electron chi connectivity index (χ0n) is 8.60. The van der Waals surface area contributed by atoms with Gasteiger partial charge in [0, 0.05) is 10.8 Å². The van der Waals surface area contributed by atoms with Crippen molar-refractivity contribution in [3.63, 3.8) is 0 Å². The van der Waals surface area contributed by atoms with Crippen LogP contribution in [0.4, 0.5) is 0 Å². The van der Waals surface area contributed by atoms with Crippen molar-refractivity contribution < 1.29 is 5.11 Å². The summed E-state index contributed by atoms with van der Waals surface area (Å²) in [5, 5.41) is 19.7. The lowest BCUT2D eigenvalue weighted by atomic mass is 9.86. The van der Waals surface area contributed by atoms with Gasteiger partial charge in [0.05, 0.1) is 11.6 Å². The fourth-order valence-corrected chi connectivity index (χ4v) is 3.35. The monoisotopic (exact) mass is 219 g/mol. The number of hydrogen-bond acceptors (Lipinski definition) is 3. The highest BCUT2D eigenvalue weighted by atomic mass is 32.2. The Morgan fingerprint density at radius 2 is 2.27 bits per heavy atom. The molecule has 78 valence electrons. The van der Waals surface area contributed by atoms with E-state index in [2.05, 4.69) is 6.07 Å². The molecule has 2 nitrogen and oxygen atoms in total. The Bertz CT molecular complexity index is 412. The van der Waals surface area contributed by atoms with Gasteiger partial charge < -0.3 is 5.11 Å². The zero-order chi connectivity index (χ0) is 10.9. The van der Waals surface area contributed by atoms with Gasteiger partial charge in [-0.15, -0.1) is 0 Å². The quantitative estimate of drug-likeness (QED) is 0.788. The van der Waals surface area contributed by atoms with Crippen molar-refractivity contribution in [2.75, 3.05) is 5.75 Å². The normalized spacial score (nSPS) is 30.1. The van der Waals surface area contributed by atoms with Crippen molar-refractivity contribution in [2.45, 2.75) is 24.2 Å². The van der Waals surface area contributed by atoms with E-state index in [9.17, 15) is 5.11 Å². The predicted octanol–water partition coefficient (Wildman–Crippen LogP) is 2.27. The van der Waals surface area contributed by atoms with Gasteiger partial charge in [-0.1, -0.05) is 25.1 Å². The highest BCUT2D eigenvalue weighted by Gasteiger charge is 2.41. The second kappa shape index (κ2) is 3.88. The molecule has 1 fully saturated rings. The van der Waals surface area contributed by atoms with Gasteiger partial charge in [-0.25, -0.2) is 0 Å². The van der Waals surface area contributed by atoms with E-state index in [0.717, 1.165) is 17.7 Å². The van der Waals surface area contributed by atoms with Crippen LogP contribution in [0.1, 0.15) is 24.5 Å². The third-order valence-corrected chi connectivity index (χ3v) is 4.37. The van der Waals surface area contributed by atoms with Crippen LogP contribution >= 0.6 is 11.8 Å². The Kier molecular flexibility index (Phi) is 2.72. The van der Waals surface area contributed by atoms with Crippen LogP contribution in [0.15, 0.2) is 24.3 Å². The lowest BCUT2D eigenvalue weighted by molar-refractivity contribution is 0.0424. The zero-order valence-corrected chi connectivity index (χ0v) is 9.42. The van der Waals surface area contributed by atoms with Crippen molar-refractivity contribution in [1.29, 1.82) is 5.26 Å². The van der Waals surface area contributed by atoms with Crippen molar-refractivity contribution in [1.82, 2.24) is 0 Å². The number of nitrogens with zero attached hydrogens (tertiary/aromatic N) is 1. The van der Waals surface area contributed by atoms with Crippen LogP contribution in [0, 0.1) is 11.3 Å². The molecule has 0 bridgehead atoms. The number of thioether (sulfide) groups is 1. The van der Waals surface area contributed by atoms with E-state index in [4.69, 9.17) is 5.26 Å². The third-order valence-electron chi connectivity index (χ3n) is 3.04. The molecule has 15 heavy (non-hydrogen) atoms. The van der Waals surface area contributed by atoms with E-state index in [1.807, 2.05) is 25.1 Å². The molecular weight excluding hydrogens is 206 g/mol. The fraction of sp³-hybridized carbons (Fsp3) is 0.417. The van der Waals surface area contributed by atoms with E-state index >= 15 is 0 Å². The number of nitriles is 1. The second-order valence-electron chi connectivity index (χ2n) is 3.84. The highest BCUT2D eigenvalue weighted by Crippen LogP contribution is 2.43. The lowest BCUT2D eigenvalue weighted by Crippen LogP contribution is -2.32. The minimum atomic E-state index is -0.822. The molecule has 0 amide bonds. The van der Waals surface area contributed by atoms with Crippen LogP contribution in [-0.2, 0) is 5.60 Å². The van der Waals surface area contributed by atoms with Gasteiger partial charge in [-0.2, -0.15) is 17.0 Å².